The first-order valence-electron chi connectivity index (χ1n) is 5.71. The topological polar surface area (TPSA) is 52.3 Å². The van der Waals surface area contributed by atoms with Gasteiger partial charge in [0.25, 0.3) is 0 Å². The molecule has 0 saturated heterocycles. The van der Waals surface area contributed by atoms with Crippen LogP contribution in [0.2, 0.25) is 5.02 Å². The lowest BCUT2D eigenvalue weighted by molar-refractivity contribution is 0.0635. The maximum Gasteiger partial charge on any atom is 0.170 e. The first-order valence-corrected chi connectivity index (χ1v) is 6.09. The number of carbonyl (C=O) groups excluding carboxylic acids is 1. The molecule has 0 radical (unpaired) electrons. The molecule has 1 aromatic rings. The van der Waals surface area contributed by atoms with Gasteiger partial charge in [-0.05, 0) is 31.0 Å². The number of hydrogen-bond acceptors (Lipinski definition) is 3. The number of nitrogens with two attached hydrogens (primary N) is 1. The molecule has 0 heterocycles. The quantitative estimate of drug-likeness (QED) is 0.840. The van der Waals surface area contributed by atoms with E-state index < -0.39 is 0 Å². The van der Waals surface area contributed by atoms with Gasteiger partial charge < -0.3 is 10.5 Å². The van der Waals surface area contributed by atoms with Gasteiger partial charge in [-0.15, -0.1) is 0 Å². The van der Waals surface area contributed by atoms with Crippen LogP contribution >= 0.6 is 11.6 Å². The van der Waals surface area contributed by atoms with Crippen LogP contribution in [-0.4, -0.2) is 19.4 Å². The van der Waals surface area contributed by atoms with E-state index in [9.17, 15) is 4.79 Å². The van der Waals surface area contributed by atoms with E-state index in [0.717, 1.165) is 19.3 Å². The predicted octanol–water partition coefficient (Wildman–Crippen LogP) is 2.66. The number of rotatable bonds is 4. The van der Waals surface area contributed by atoms with E-state index >= 15 is 0 Å². The lowest BCUT2D eigenvalue weighted by atomic mass is 9.64. The standard InChI is InChI=1S/C13H16ClNO2/c1-17-11-7-9(3-4-10(11)14)12(16)13(8-15)5-2-6-13/h3-4,7H,2,5-6,8,15H2,1H3. The minimum Gasteiger partial charge on any atom is -0.495 e. The number of carbonyl (C=O) groups is 1. The van der Waals surface area contributed by atoms with Gasteiger partial charge in [0.05, 0.1) is 12.1 Å². The fourth-order valence-corrected chi connectivity index (χ4v) is 2.43. The second-order valence-corrected chi connectivity index (χ2v) is 4.92. The Labute approximate surface area is 106 Å². The number of methoxy groups -OCH3 is 1. The second-order valence-electron chi connectivity index (χ2n) is 4.52. The Morgan fingerprint density at radius 3 is 2.71 bits per heavy atom. The summed E-state index contributed by atoms with van der Waals surface area (Å²) >= 11 is 5.94. The van der Waals surface area contributed by atoms with Crippen LogP contribution < -0.4 is 10.5 Å². The third-order valence-corrected chi connectivity index (χ3v) is 3.91. The minimum atomic E-state index is -0.348. The van der Waals surface area contributed by atoms with E-state index in [-0.39, 0.29) is 11.2 Å². The molecule has 1 aliphatic carbocycles. The summed E-state index contributed by atoms with van der Waals surface area (Å²) in [5.41, 5.74) is 6.02. The number of ether oxygens (including phenoxy) is 1. The molecule has 0 aromatic heterocycles. The molecule has 17 heavy (non-hydrogen) atoms. The van der Waals surface area contributed by atoms with Crippen molar-refractivity contribution < 1.29 is 9.53 Å². The summed E-state index contributed by atoms with van der Waals surface area (Å²) in [6, 6.07) is 5.12. The zero-order chi connectivity index (χ0) is 12.5. The molecule has 92 valence electrons. The summed E-state index contributed by atoms with van der Waals surface area (Å²) in [6.07, 6.45) is 2.84. The highest BCUT2D eigenvalue weighted by Crippen LogP contribution is 2.43. The molecule has 0 unspecified atom stereocenters. The van der Waals surface area contributed by atoms with Crippen LogP contribution in [0.15, 0.2) is 18.2 Å². The van der Waals surface area contributed by atoms with Crippen LogP contribution in [0.1, 0.15) is 29.6 Å². The summed E-state index contributed by atoms with van der Waals surface area (Å²) in [5, 5.41) is 0.513. The summed E-state index contributed by atoms with van der Waals surface area (Å²) < 4.78 is 5.12. The largest absolute Gasteiger partial charge is 0.495 e. The Kier molecular flexibility index (Phi) is 3.40. The number of Topliss-reactive ketones (excluding diaryl/α,β-unsaturated/α-hetero) is 1. The average Bonchev–Trinajstić information content (AvgIpc) is 2.29. The van der Waals surface area contributed by atoms with Crippen molar-refractivity contribution in [2.24, 2.45) is 11.1 Å². The Morgan fingerprint density at radius 2 is 2.24 bits per heavy atom. The number of hydrogen-bond donors (Lipinski definition) is 1. The highest BCUT2D eigenvalue weighted by molar-refractivity contribution is 6.32. The summed E-state index contributed by atoms with van der Waals surface area (Å²) in [6.45, 7) is 0.413. The number of benzene rings is 1. The molecule has 1 saturated carbocycles. The number of halogens is 1. The van der Waals surface area contributed by atoms with Gasteiger partial charge in [-0.1, -0.05) is 18.0 Å². The van der Waals surface area contributed by atoms with Gasteiger partial charge in [0, 0.05) is 17.5 Å². The van der Waals surface area contributed by atoms with Crippen molar-refractivity contribution in [2.75, 3.05) is 13.7 Å². The lowest BCUT2D eigenvalue weighted by Crippen LogP contribution is -2.44. The maximum atomic E-state index is 12.4. The minimum absolute atomic E-state index is 0.112. The second kappa shape index (κ2) is 4.67. The van der Waals surface area contributed by atoms with Crippen LogP contribution in [0.4, 0.5) is 0 Å². The molecular weight excluding hydrogens is 238 g/mol. The summed E-state index contributed by atoms with van der Waals surface area (Å²) in [5.74, 6) is 0.644. The van der Waals surface area contributed by atoms with Gasteiger partial charge in [0.2, 0.25) is 0 Å². The van der Waals surface area contributed by atoms with Crippen molar-refractivity contribution >= 4 is 17.4 Å². The van der Waals surface area contributed by atoms with Crippen molar-refractivity contribution in [3.8, 4) is 5.75 Å². The highest BCUT2D eigenvalue weighted by atomic mass is 35.5. The van der Waals surface area contributed by atoms with E-state index in [1.807, 2.05) is 0 Å². The first-order chi connectivity index (χ1) is 8.13. The third-order valence-electron chi connectivity index (χ3n) is 3.60. The summed E-state index contributed by atoms with van der Waals surface area (Å²) in [4.78, 5) is 12.4. The fraction of sp³-hybridized carbons (Fsp3) is 0.462. The third kappa shape index (κ3) is 2.05. The lowest BCUT2D eigenvalue weighted by Gasteiger charge is -2.39. The van der Waals surface area contributed by atoms with Crippen molar-refractivity contribution in [1.29, 1.82) is 0 Å². The molecule has 0 atom stereocenters. The Bertz CT molecular complexity index is 436. The molecule has 1 fully saturated rings. The van der Waals surface area contributed by atoms with E-state index in [2.05, 4.69) is 0 Å². The molecule has 1 aliphatic rings. The zero-order valence-corrected chi connectivity index (χ0v) is 10.6. The molecule has 4 heteroatoms. The van der Waals surface area contributed by atoms with E-state index in [4.69, 9.17) is 22.1 Å². The van der Waals surface area contributed by atoms with Gasteiger partial charge >= 0.3 is 0 Å². The molecule has 2 N–H and O–H groups in total. The normalized spacial score (nSPS) is 17.4. The highest BCUT2D eigenvalue weighted by Gasteiger charge is 2.43. The Balaban J connectivity index is 2.31. The van der Waals surface area contributed by atoms with Crippen molar-refractivity contribution in [2.45, 2.75) is 19.3 Å². The molecule has 2 rings (SSSR count). The van der Waals surface area contributed by atoms with E-state index in [1.54, 1.807) is 18.2 Å². The van der Waals surface area contributed by atoms with Crippen molar-refractivity contribution in [3.63, 3.8) is 0 Å². The van der Waals surface area contributed by atoms with Gasteiger partial charge in [-0.25, -0.2) is 0 Å². The average molecular weight is 254 g/mol. The van der Waals surface area contributed by atoms with Gasteiger partial charge in [0.15, 0.2) is 5.78 Å². The molecule has 1 aromatic carbocycles. The van der Waals surface area contributed by atoms with Crippen LogP contribution in [0.25, 0.3) is 0 Å². The maximum absolute atomic E-state index is 12.4. The fourth-order valence-electron chi connectivity index (χ4n) is 2.23. The summed E-state index contributed by atoms with van der Waals surface area (Å²) in [7, 11) is 1.54. The Morgan fingerprint density at radius 1 is 1.53 bits per heavy atom. The molecule has 0 bridgehead atoms. The monoisotopic (exact) mass is 253 g/mol. The molecule has 3 nitrogen and oxygen atoms in total. The van der Waals surface area contributed by atoms with Crippen LogP contribution in [0.3, 0.4) is 0 Å². The van der Waals surface area contributed by atoms with Gasteiger partial charge in [-0.2, -0.15) is 0 Å². The Hall–Kier alpha value is -1.06. The van der Waals surface area contributed by atoms with Crippen molar-refractivity contribution in [1.82, 2.24) is 0 Å². The molecule has 0 spiro atoms. The van der Waals surface area contributed by atoms with Crippen LogP contribution in [0.5, 0.6) is 5.75 Å². The first kappa shape index (κ1) is 12.4. The van der Waals surface area contributed by atoms with Crippen molar-refractivity contribution in [3.05, 3.63) is 28.8 Å². The van der Waals surface area contributed by atoms with Gasteiger partial charge in [-0.3, -0.25) is 4.79 Å². The molecular formula is C13H16ClNO2. The zero-order valence-electron chi connectivity index (χ0n) is 9.83. The smallest absolute Gasteiger partial charge is 0.170 e. The van der Waals surface area contributed by atoms with Crippen LogP contribution in [-0.2, 0) is 0 Å². The number of ketones is 1. The SMILES string of the molecule is COc1cc(C(=O)C2(CN)CCC2)ccc1Cl. The molecule has 0 aliphatic heterocycles. The van der Waals surface area contributed by atoms with E-state index in [1.165, 1.54) is 7.11 Å². The predicted molar refractivity (Wildman–Crippen MR) is 67.7 cm³/mol. The van der Waals surface area contributed by atoms with Gasteiger partial charge in [0.1, 0.15) is 5.75 Å². The van der Waals surface area contributed by atoms with E-state index in [0.29, 0.717) is 22.9 Å². The molecule has 0 amide bonds. The van der Waals surface area contributed by atoms with Crippen LogP contribution in [0, 0.1) is 5.41 Å².